The first-order valence-corrected chi connectivity index (χ1v) is 7.55. The molecule has 17 heavy (non-hydrogen) atoms. The quantitative estimate of drug-likeness (QED) is 0.637. The first-order chi connectivity index (χ1) is 8.29. The van der Waals surface area contributed by atoms with Gasteiger partial charge in [-0.25, -0.2) is 0 Å². The van der Waals surface area contributed by atoms with Crippen LogP contribution in [0.3, 0.4) is 0 Å². The number of hydrogen-bond donors (Lipinski definition) is 2. The van der Waals surface area contributed by atoms with Crippen LogP contribution in [0.15, 0.2) is 24.3 Å². The van der Waals surface area contributed by atoms with E-state index >= 15 is 0 Å². The van der Waals surface area contributed by atoms with E-state index in [2.05, 4.69) is 48.4 Å². The number of nitrogens with one attached hydrogen (secondary N) is 1. The average Bonchev–Trinajstić information content (AvgIpc) is 2.38. The molecule has 2 nitrogen and oxygen atoms in total. The maximum atomic E-state index is 5.70. The van der Waals surface area contributed by atoms with Crippen LogP contribution >= 0.6 is 11.8 Å². The Bertz CT molecular complexity index is 331. The van der Waals surface area contributed by atoms with Crippen molar-refractivity contribution in [3.8, 4) is 0 Å². The summed E-state index contributed by atoms with van der Waals surface area (Å²) in [5.41, 5.74) is 5.60. The highest BCUT2D eigenvalue weighted by molar-refractivity contribution is 7.99. The van der Waals surface area contributed by atoms with Gasteiger partial charge < -0.3 is 0 Å². The molecule has 2 rings (SSSR count). The summed E-state index contributed by atoms with van der Waals surface area (Å²) in [6.45, 7) is 2.12. The molecule has 1 atom stereocenters. The summed E-state index contributed by atoms with van der Waals surface area (Å²) >= 11 is 2.08. The van der Waals surface area contributed by atoms with Crippen molar-refractivity contribution < 1.29 is 0 Å². The van der Waals surface area contributed by atoms with Gasteiger partial charge in [0.25, 0.3) is 0 Å². The highest BCUT2D eigenvalue weighted by Gasteiger charge is 2.19. The number of nitrogens with two attached hydrogens (primary N) is 1. The molecule has 1 fully saturated rings. The Morgan fingerprint density at radius 2 is 1.94 bits per heavy atom. The van der Waals surface area contributed by atoms with Crippen molar-refractivity contribution in [3.63, 3.8) is 0 Å². The van der Waals surface area contributed by atoms with Crippen molar-refractivity contribution >= 4 is 11.8 Å². The van der Waals surface area contributed by atoms with Crippen LogP contribution < -0.4 is 11.3 Å². The largest absolute Gasteiger partial charge is 0.271 e. The van der Waals surface area contributed by atoms with Crippen LogP contribution in [0.25, 0.3) is 0 Å². The molecule has 0 aromatic heterocycles. The minimum Gasteiger partial charge on any atom is -0.271 e. The topological polar surface area (TPSA) is 38.0 Å². The van der Waals surface area contributed by atoms with Crippen molar-refractivity contribution in [2.75, 3.05) is 11.5 Å². The van der Waals surface area contributed by atoms with Gasteiger partial charge in [-0.05, 0) is 49.2 Å². The maximum Gasteiger partial charge on any atom is 0.0462 e. The van der Waals surface area contributed by atoms with Gasteiger partial charge >= 0.3 is 0 Å². The van der Waals surface area contributed by atoms with Crippen LogP contribution in [0.2, 0.25) is 0 Å². The second-order valence-electron chi connectivity index (χ2n) is 4.92. The van der Waals surface area contributed by atoms with Gasteiger partial charge in [0.2, 0.25) is 0 Å². The van der Waals surface area contributed by atoms with Gasteiger partial charge in [0.15, 0.2) is 0 Å². The molecule has 3 heteroatoms. The SMILES string of the molecule is Cc1ccc(C(CC2CCSCC2)NN)cc1. The molecule has 0 amide bonds. The number of benzene rings is 1. The third-order valence-corrected chi connectivity index (χ3v) is 4.64. The lowest BCUT2D eigenvalue weighted by Gasteiger charge is -2.26. The molecule has 1 aliphatic rings. The Balaban J connectivity index is 1.97. The van der Waals surface area contributed by atoms with E-state index in [0.29, 0.717) is 6.04 Å². The predicted molar refractivity (Wildman–Crippen MR) is 75.9 cm³/mol. The zero-order valence-corrected chi connectivity index (χ0v) is 11.3. The average molecular weight is 250 g/mol. The number of aryl methyl sites for hydroxylation is 1. The van der Waals surface area contributed by atoms with Crippen molar-refractivity contribution in [1.82, 2.24) is 5.43 Å². The van der Waals surface area contributed by atoms with E-state index in [4.69, 9.17) is 5.84 Å². The van der Waals surface area contributed by atoms with E-state index < -0.39 is 0 Å². The van der Waals surface area contributed by atoms with Gasteiger partial charge in [-0.3, -0.25) is 11.3 Å². The molecule has 0 aliphatic carbocycles. The third-order valence-electron chi connectivity index (χ3n) is 3.59. The van der Waals surface area contributed by atoms with Crippen molar-refractivity contribution in [1.29, 1.82) is 0 Å². The number of rotatable bonds is 4. The van der Waals surface area contributed by atoms with Crippen molar-refractivity contribution in [3.05, 3.63) is 35.4 Å². The first-order valence-electron chi connectivity index (χ1n) is 6.40. The molecule has 3 N–H and O–H groups in total. The number of thioether (sulfide) groups is 1. The van der Waals surface area contributed by atoms with E-state index in [1.54, 1.807) is 0 Å². The summed E-state index contributed by atoms with van der Waals surface area (Å²) in [5.74, 6) is 9.17. The predicted octanol–water partition coefficient (Wildman–Crippen LogP) is 3.03. The molecule has 94 valence electrons. The summed E-state index contributed by atoms with van der Waals surface area (Å²) in [6, 6.07) is 9.02. The minimum absolute atomic E-state index is 0.309. The molecular formula is C14H22N2S. The lowest BCUT2D eigenvalue weighted by Crippen LogP contribution is -2.30. The van der Waals surface area contributed by atoms with Gasteiger partial charge in [-0.1, -0.05) is 29.8 Å². The standard InChI is InChI=1S/C14H22N2S/c1-11-2-4-13(5-3-11)14(16-15)10-12-6-8-17-9-7-12/h2-5,12,14,16H,6-10,15H2,1H3. The maximum absolute atomic E-state index is 5.70. The van der Waals surface area contributed by atoms with Crippen molar-refractivity contribution in [2.45, 2.75) is 32.2 Å². The molecule has 0 spiro atoms. The summed E-state index contributed by atoms with van der Waals surface area (Å²) in [7, 11) is 0. The zero-order chi connectivity index (χ0) is 12.1. The molecule has 1 aliphatic heterocycles. The normalized spacial score (nSPS) is 19.2. The highest BCUT2D eigenvalue weighted by atomic mass is 32.2. The van der Waals surface area contributed by atoms with Crippen LogP contribution in [-0.4, -0.2) is 11.5 Å². The monoisotopic (exact) mass is 250 g/mol. The van der Waals surface area contributed by atoms with E-state index in [-0.39, 0.29) is 0 Å². The van der Waals surface area contributed by atoms with Crippen LogP contribution in [0.1, 0.15) is 36.4 Å². The fraction of sp³-hybridized carbons (Fsp3) is 0.571. The second kappa shape index (κ2) is 6.43. The smallest absolute Gasteiger partial charge is 0.0462 e. The molecule has 1 unspecified atom stereocenters. The van der Waals surface area contributed by atoms with Crippen molar-refractivity contribution in [2.24, 2.45) is 11.8 Å². The molecule has 1 heterocycles. The Kier molecular flexibility index (Phi) is 4.89. The molecule has 1 aromatic carbocycles. The first kappa shape index (κ1) is 12.9. The molecule has 0 saturated carbocycles. The Labute approximate surface area is 108 Å². The molecule has 1 aromatic rings. The lowest BCUT2D eigenvalue weighted by molar-refractivity contribution is 0.374. The van der Waals surface area contributed by atoms with Gasteiger partial charge in [0.05, 0.1) is 0 Å². The number of hydrogen-bond acceptors (Lipinski definition) is 3. The molecule has 1 saturated heterocycles. The van der Waals surface area contributed by atoms with E-state index in [0.717, 1.165) is 5.92 Å². The van der Waals surface area contributed by atoms with Crippen LogP contribution in [0, 0.1) is 12.8 Å². The fourth-order valence-electron chi connectivity index (χ4n) is 2.41. The van der Waals surface area contributed by atoms with Crippen LogP contribution in [0.5, 0.6) is 0 Å². The third kappa shape index (κ3) is 3.73. The highest BCUT2D eigenvalue weighted by Crippen LogP contribution is 2.30. The summed E-state index contributed by atoms with van der Waals surface area (Å²) < 4.78 is 0. The summed E-state index contributed by atoms with van der Waals surface area (Å²) in [5, 5.41) is 0. The fourth-order valence-corrected chi connectivity index (χ4v) is 3.62. The van der Waals surface area contributed by atoms with Crippen LogP contribution in [-0.2, 0) is 0 Å². The van der Waals surface area contributed by atoms with Crippen LogP contribution in [0.4, 0.5) is 0 Å². The zero-order valence-electron chi connectivity index (χ0n) is 10.5. The van der Waals surface area contributed by atoms with E-state index in [1.807, 2.05) is 0 Å². The number of hydrazine groups is 1. The Morgan fingerprint density at radius 1 is 1.29 bits per heavy atom. The van der Waals surface area contributed by atoms with Gasteiger partial charge in [-0.15, -0.1) is 0 Å². The van der Waals surface area contributed by atoms with Gasteiger partial charge in [-0.2, -0.15) is 11.8 Å². The molecular weight excluding hydrogens is 228 g/mol. The molecule has 0 bridgehead atoms. The Morgan fingerprint density at radius 3 is 2.53 bits per heavy atom. The lowest BCUT2D eigenvalue weighted by atomic mass is 9.91. The summed E-state index contributed by atoms with van der Waals surface area (Å²) in [4.78, 5) is 0. The minimum atomic E-state index is 0.309. The van der Waals surface area contributed by atoms with Gasteiger partial charge in [0.1, 0.15) is 0 Å². The second-order valence-corrected chi connectivity index (χ2v) is 6.15. The Hall–Kier alpha value is -0.510. The van der Waals surface area contributed by atoms with E-state index in [1.165, 1.54) is 41.9 Å². The van der Waals surface area contributed by atoms with E-state index in [9.17, 15) is 0 Å². The molecule has 0 radical (unpaired) electrons. The van der Waals surface area contributed by atoms with Gasteiger partial charge in [0, 0.05) is 6.04 Å². The summed E-state index contributed by atoms with van der Waals surface area (Å²) in [6.07, 6.45) is 3.85.